The first kappa shape index (κ1) is 20.9. The van der Waals surface area contributed by atoms with E-state index in [1.165, 1.54) is 6.26 Å². The van der Waals surface area contributed by atoms with Crippen LogP contribution in [0, 0.1) is 0 Å². The van der Waals surface area contributed by atoms with Crippen LogP contribution in [0.2, 0.25) is 0 Å². The molecule has 0 atom stereocenters. The van der Waals surface area contributed by atoms with Gasteiger partial charge in [-0.05, 0) is 36.2 Å². The number of halogens is 1. The van der Waals surface area contributed by atoms with Crippen molar-refractivity contribution in [3.05, 3.63) is 47.9 Å². The highest BCUT2D eigenvalue weighted by Crippen LogP contribution is 2.32. The number of hydrogen-bond acceptors (Lipinski definition) is 5. The molecule has 1 amide bonds. The summed E-state index contributed by atoms with van der Waals surface area (Å²) in [5, 5.41) is 9.15. The first-order valence-electron chi connectivity index (χ1n) is 8.41. The average Bonchev–Trinajstić information content (AvgIpc) is 3.34. The van der Waals surface area contributed by atoms with Crippen LogP contribution in [-0.4, -0.2) is 45.3 Å². The van der Waals surface area contributed by atoms with E-state index < -0.39 is 0 Å². The highest BCUT2D eigenvalue weighted by atomic mass is 127. The predicted octanol–water partition coefficient (Wildman–Crippen LogP) is 1.76. The molecule has 2 heterocycles. The van der Waals surface area contributed by atoms with Gasteiger partial charge < -0.3 is 29.8 Å². The van der Waals surface area contributed by atoms with E-state index in [1.54, 1.807) is 19.2 Å². The number of nitrogens with one attached hydrogen (secondary N) is 3. The average molecular weight is 486 g/mol. The van der Waals surface area contributed by atoms with Crippen LogP contribution in [-0.2, 0) is 6.42 Å². The number of carbonyl (C=O) groups is 1. The molecule has 0 fully saturated rings. The zero-order chi connectivity index (χ0) is 18.2. The molecule has 0 saturated carbocycles. The minimum atomic E-state index is -0.234. The largest absolute Gasteiger partial charge is 0.459 e. The molecule has 27 heavy (non-hydrogen) atoms. The Balaban J connectivity index is 0.00000261. The van der Waals surface area contributed by atoms with Gasteiger partial charge >= 0.3 is 0 Å². The van der Waals surface area contributed by atoms with E-state index in [1.807, 2.05) is 18.2 Å². The van der Waals surface area contributed by atoms with Crippen LogP contribution >= 0.6 is 24.0 Å². The van der Waals surface area contributed by atoms with Crippen LogP contribution in [0.1, 0.15) is 16.1 Å². The van der Waals surface area contributed by atoms with Crippen LogP contribution in [0.3, 0.4) is 0 Å². The number of nitrogens with zero attached hydrogens (tertiary/aromatic N) is 1. The van der Waals surface area contributed by atoms with Crippen molar-refractivity contribution < 1.29 is 18.7 Å². The van der Waals surface area contributed by atoms with Crippen LogP contribution in [0.4, 0.5) is 0 Å². The summed E-state index contributed by atoms with van der Waals surface area (Å²) >= 11 is 0. The van der Waals surface area contributed by atoms with Crippen LogP contribution in [0.5, 0.6) is 11.5 Å². The molecule has 0 bridgehead atoms. The minimum Gasteiger partial charge on any atom is -0.459 e. The Bertz CT molecular complexity index is 765. The second-order valence-electron chi connectivity index (χ2n) is 5.60. The van der Waals surface area contributed by atoms with Crippen LogP contribution in [0.25, 0.3) is 0 Å². The molecule has 146 valence electrons. The molecule has 3 N–H and O–H groups in total. The number of rotatable bonds is 7. The zero-order valence-electron chi connectivity index (χ0n) is 15.0. The molecule has 3 rings (SSSR count). The first-order valence-corrected chi connectivity index (χ1v) is 8.41. The summed E-state index contributed by atoms with van der Waals surface area (Å²) in [7, 11) is 1.71. The molecule has 0 radical (unpaired) electrons. The minimum absolute atomic E-state index is 0. The number of benzene rings is 1. The maximum Gasteiger partial charge on any atom is 0.287 e. The van der Waals surface area contributed by atoms with Gasteiger partial charge in [0.05, 0.1) is 6.26 Å². The molecular formula is C18H23IN4O4. The van der Waals surface area contributed by atoms with Crippen molar-refractivity contribution in [2.75, 3.05) is 33.5 Å². The van der Waals surface area contributed by atoms with Crippen LogP contribution in [0.15, 0.2) is 46.0 Å². The third kappa shape index (κ3) is 6.05. The zero-order valence-corrected chi connectivity index (χ0v) is 17.3. The highest BCUT2D eigenvalue weighted by Gasteiger charge is 2.13. The molecule has 1 aliphatic rings. The molecule has 0 unspecified atom stereocenters. The van der Waals surface area contributed by atoms with Gasteiger partial charge in [-0.15, -0.1) is 24.0 Å². The molecule has 2 aromatic rings. The van der Waals surface area contributed by atoms with Crippen molar-refractivity contribution in [2.24, 2.45) is 4.99 Å². The molecular weight excluding hydrogens is 463 g/mol. The lowest BCUT2D eigenvalue weighted by atomic mass is 10.1. The molecule has 9 heteroatoms. The molecule has 1 aromatic carbocycles. The van der Waals surface area contributed by atoms with E-state index in [9.17, 15) is 4.79 Å². The summed E-state index contributed by atoms with van der Waals surface area (Å²) in [6.45, 7) is 2.01. The van der Waals surface area contributed by atoms with E-state index in [2.05, 4.69) is 20.9 Å². The van der Waals surface area contributed by atoms with Crippen molar-refractivity contribution in [3.63, 3.8) is 0 Å². The van der Waals surface area contributed by atoms with E-state index in [0.717, 1.165) is 30.0 Å². The Kier molecular flexibility index (Phi) is 8.24. The van der Waals surface area contributed by atoms with E-state index in [4.69, 9.17) is 13.9 Å². The fourth-order valence-electron chi connectivity index (χ4n) is 2.49. The smallest absolute Gasteiger partial charge is 0.287 e. The number of aliphatic imine (C=N–C) groups is 1. The Morgan fingerprint density at radius 2 is 1.85 bits per heavy atom. The summed E-state index contributed by atoms with van der Waals surface area (Å²) < 4.78 is 15.7. The number of carbonyl (C=O) groups excluding carboxylic acids is 1. The first-order chi connectivity index (χ1) is 12.8. The normalized spacial score (nSPS) is 12.3. The van der Waals surface area contributed by atoms with Gasteiger partial charge in [0, 0.05) is 26.7 Å². The van der Waals surface area contributed by atoms with Gasteiger partial charge in [-0.25, -0.2) is 0 Å². The van der Waals surface area contributed by atoms with Gasteiger partial charge in [-0.2, -0.15) is 0 Å². The number of furan rings is 1. The van der Waals surface area contributed by atoms with Gasteiger partial charge in [-0.3, -0.25) is 9.79 Å². The summed E-state index contributed by atoms with van der Waals surface area (Å²) in [4.78, 5) is 15.9. The van der Waals surface area contributed by atoms with Crippen molar-refractivity contribution >= 4 is 35.8 Å². The number of hydrogen-bond donors (Lipinski definition) is 3. The number of guanidine groups is 1. The Morgan fingerprint density at radius 3 is 2.63 bits per heavy atom. The molecule has 0 spiro atoms. The highest BCUT2D eigenvalue weighted by molar-refractivity contribution is 14.0. The van der Waals surface area contributed by atoms with Crippen LogP contribution < -0.4 is 25.4 Å². The lowest BCUT2D eigenvalue weighted by molar-refractivity contribution is 0.0926. The van der Waals surface area contributed by atoms with Gasteiger partial charge in [-0.1, -0.05) is 6.07 Å². The topological polar surface area (TPSA) is 97.1 Å². The standard InChI is InChI=1S/C18H22N4O4.HI/c1-19-18(22-9-8-20-17(23)15-3-2-10-24-15)21-7-6-13-4-5-14-16(11-13)26-12-25-14;/h2-5,10-11H,6-9,12H2,1H3,(H,20,23)(H2,19,21,22);1H. The van der Waals surface area contributed by atoms with E-state index >= 15 is 0 Å². The quantitative estimate of drug-likeness (QED) is 0.239. The summed E-state index contributed by atoms with van der Waals surface area (Å²) in [6, 6.07) is 9.24. The third-order valence-corrected chi connectivity index (χ3v) is 3.81. The van der Waals surface area contributed by atoms with Gasteiger partial charge in [0.1, 0.15) is 0 Å². The predicted molar refractivity (Wildman–Crippen MR) is 112 cm³/mol. The Morgan fingerprint density at radius 1 is 1.07 bits per heavy atom. The molecule has 1 aliphatic heterocycles. The van der Waals surface area contributed by atoms with E-state index in [0.29, 0.717) is 24.8 Å². The summed E-state index contributed by atoms with van der Waals surface area (Å²) in [5.41, 5.74) is 1.16. The number of amides is 1. The monoisotopic (exact) mass is 486 g/mol. The Labute approximate surface area is 174 Å². The lowest BCUT2D eigenvalue weighted by Crippen LogP contribution is -2.42. The summed E-state index contributed by atoms with van der Waals surface area (Å²) in [6.07, 6.45) is 2.30. The maximum atomic E-state index is 11.7. The summed E-state index contributed by atoms with van der Waals surface area (Å²) in [5.74, 6) is 2.32. The molecule has 1 aromatic heterocycles. The van der Waals surface area contributed by atoms with Crippen molar-refractivity contribution in [1.82, 2.24) is 16.0 Å². The SMILES string of the molecule is CN=C(NCCNC(=O)c1ccco1)NCCc1ccc2c(c1)OCO2.I. The van der Waals surface area contributed by atoms with Gasteiger partial charge in [0.2, 0.25) is 6.79 Å². The molecule has 0 saturated heterocycles. The second-order valence-corrected chi connectivity index (χ2v) is 5.60. The lowest BCUT2D eigenvalue weighted by Gasteiger charge is -2.12. The fourth-order valence-corrected chi connectivity index (χ4v) is 2.49. The van der Waals surface area contributed by atoms with Crippen molar-refractivity contribution in [2.45, 2.75) is 6.42 Å². The van der Waals surface area contributed by atoms with E-state index in [-0.39, 0.29) is 36.7 Å². The maximum absolute atomic E-state index is 11.7. The second kappa shape index (κ2) is 10.7. The number of ether oxygens (including phenoxy) is 2. The van der Waals surface area contributed by atoms with Gasteiger partial charge in [0.15, 0.2) is 23.2 Å². The Hall–Kier alpha value is -2.43. The molecule has 8 nitrogen and oxygen atoms in total. The molecule has 0 aliphatic carbocycles. The van der Waals surface area contributed by atoms with Gasteiger partial charge in [0.25, 0.3) is 5.91 Å². The number of fused-ring (bicyclic) bond motifs is 1. The third-order valence-electron chi connectivity index (χ3n) is 3.81. The fraction of sp³-hybridized carbons (Fsp3) is 0.333. The van der Waals surface area contributed by atoms with Crippen molar-refractivity contribution in [3.8, 4) is 11.5 Å². The van der Waals surface area contributed by atoms with Crippen molar-refractivity contribution in [1.29, 1.82) is 0 Å².